The number of carbonyl (C=O) groups is 1. The highest BCUT2D eigenvalue weighted by Crippen LogP contribution is 2.26. The largest absolute Gasteiger partial charge is 0.496 e. The highest BCUT2D eigenvalue weighted by Gasteiger charge is 2.11. The summed E-state index contributed by atoms with van der Waals surface area (Å²) >= 11 is 1.62. The Kier molecular flexibility index (Phi) is 4.85. The lowest BCUT2D eigenvalue weighted by molar-refractivity contribution is 0.0693. The van der Waals surface area contributed by atoms with E-state index >= 15 is 0 Å². The van der Waals surface area contributed by atoms with E-state index in [4.69, 9.17) is 9.84 Å². The fraction of sp³-hybridized carbons (Fsp3) is 0.250. The second-order valence-corrected chi connectivity index (χ2v) is 5.75. The summed E-state index contributed by atoms with van der Waals surface area (Å²) in [4.78, 5) is 15.5. The minimum Gasteiger partial charge on any atom is -0.496 e. The molecule has 0 spiro atoms. The Morgan fingerprint density at radius 2 is 2.05 bits per heavy atom. The molecule has 21 heavy (non-hydrogen) atoms. The molecule has 2 aromatic rings. The maximum Gasteiger partial charge on any atom is 0.339 e. The number of pyridine rings is 1. The third-order valence-electron chi connectivity index (χ3n) is 2.96. The standard InChI is InChI=1S/C16H17NO3S/c1-10-6-11(2)17-15(7-10)21-9-12-4-5-13(16(18)19)14(8-12)20-3/h4-8H,9H2,1-3H3,(H,18,19). The zero-order chi connectivity index (χ0) is 15.4. The molecule has 0 radical (unpaired) electrons. The average molecular weight is 303 g/mol. The zero-order valence-corrected chi connectivity index (χ0v) is 13.0. The van der Waals surface area contributed by atoms with Gasteiger partial charge in [-0.15, -0.1) is 11.8 Å². The van der Waals surface area contributed by atoms with Gasteiger partial charge >= 0.3 is 5.97 Å². The van der Waals surface area contributed by atoms with E-state index < -0.39 is 5.97 Å². The summed E-state index contributed by atoms with van der Waals surface area (Å²) in [5, 5.41) is 10.0. The van der Waals surface area contributed by atoms with E-state index in [0.717, 1.165) is 16.3 Å². The van der Waals surface area contributed by atoms with Crippen LogP contribution in [-0.2, 0) is 5.75 Å². The van der Waals surface area contributed by atoms with Crippen LogP contribution in [0.25, 0.3) is 0 Å². The highest BCUT2D eigenvalue weighted by atomic mass is 32.2. The summed E-state index contributed by atoms with van der Waals surface area (Å²) in [7, 11) is 1.48. The molecule has 0 atom stereocenters. The van der Waals surface area contributed by atoms with Crippen molar-refractivity contribution in [2.24, 2.45) is 0 Å². The Morgan fingerprint density at radius 3 is 2.67 bits per heavy atom. The van der Waals surface area contributed by atoms with Gasteiger partial charge in [-0.25, -0.2) is 9.78 Å². The number of carboxylic acid groups (broad SMARTS) is 1. The number of methoxy groups -OCH3 is 1. The number of benzene rings is 1. The summed E-state index contributed by atoms with van der Waals surface area (Å²) in [6.07, 6.45) is 0. The Labute approximate surface area is 128 Å². The molecule has 0 aliphatic heterocycles. The van der Waals surface area contributed by atoms with Crippen LogP contribution < -0.4 is 4.74 Å². The van der Waals surface area contributed by atoms with Crippen LogP contribution in [0.5, 0.6) is 5.75 Å². The number of thioether (sulfide) groups is 1. The molecule has 2 rings (SSSR count). The number of nitrogens with zero attached hydrogens (tertiary/aromatic N) is 1. The maximum atomic E-state index is 11.1. The zero-order valence-electron chi connectivity index (χ0n) is 12.2. The van der Waals surface area contributed by atoms with Crippen LogP contribution in [0.1, 0.15) is 27.2 Å². The fourth-order valence-corrected chi connectivity index (χ4v) is 3.01. The van der Waals surface area contributed by atoms with Gasteiger partial charge in [0, 0.05) is 11.4 Å². The number of ether oxygens (including phenoxy) is 1. The molecule has 4 nitrogen and oxygen atoms in total. The molecule has 1 aromatic heterocycles. The monoisotopic (exact) mass is 303 g/mol. The average Bonchev–Trinajstić information content (AvgIpc) is 2.43. The Balaban J connectivity index is 2.14. The van der Waals surface area contributed by atoms with Crippen molar-refractivity contribution >= 4 is 17.7 Å². The first-order chi connectivity index (χ1) is 9.99. The summed E-state index contributed by atoms with van der Waals surface area (Å²) in [5.41, 5.74) is 3.36. The van der Waals surface area contributed by atoms with Crippen LogP contribution in [0.3, 0.4) is 0 Å². The molecule has 0 aliphatic rings. The molecule has 1 aromatic carbocycles. The molecule has 1 N–H and O–H groups in total. The summed E-state index contributed by atoms with van der Waals surface area (Å²) in [6.45, 7) is 4.02. The van der Waals surface area contributed by atoms with Gasteiger partial charge in [0.05, 0.1) is 12.1 Å². The van der Waals surface area contributed by atoms with E-state index in [2.05, 4.69) is 4.98 Å². The van der Waals surface area contributed by atoms with Crippen LogP contribution in [0, 0.1) is 13.8 Å². The van der Waals surface area contributed by atoms with Gasteiger partial charge in [-0.3, -0.25) is 0 Å². The van der Waals surface area contributed by atoms with Gasteiger partial charge in [-0.2, -0.15) is 0 Å². The van der Waals surface area contributed by atoms with Gasteiger partial charge < -0.3 is 9.84 Å². The summed E-state index contributed by atoms with van der Waals surface area (Å²) in [6, 6.07) is 9.22. The Morgan fingerprint density at radius 1 is 1.29 bits per heavy atom. The highest BCUT2D eigenvalue weighted by molar-refractivity contribution is 7.98. The van der Waals surface area contributed by atoms with E-state index in [0.29, 0.717) is 11.5 Å². The number of hydrogen-bond acceptors (Lipinski definition) is 4. The van der Waals surface area contributed by atoms with Gasteiger partial charge in [-0.05, 0) is 49.2 Å². The summed E-state index contributed by atoms with van der Waals surface area (Å²) < 4.78 is 5.13. The maximum absolute atomic E-state index is 11.1. The molecule has 1 heterocycles. The predicted molar refractivity (Wildman–Crippen MR) is 83.2 cm³/mol. The van der Waals surface area contributed by atoms with Crippen molar-refractivity contribution in [2.75, 3.05) is 7.11 Å². The van der Waals surface area contributed by atoms with Crippen LogP contribution in [0.2, 0.25) is 0 Å². The quantitative estimate of drug-likeness (QED) is 0.853. The van der Waals surface area contributed by atoms with Gasteiger partial charge in [-0.1, -0.05) is 6.07 Å². The molecular weight excluding hydrogens is 286 g/mol. The van der Waals surface area contributed by atoms with Crippen molar-refractivity contribution in [1.29, 1.82) is 0 Å². The third kappa shape index (κ3) is 3.98. The molecule has 0 fully saturated rings. The Hall–Kier alpha value is -2.01. The molecule has 5 heteroatoms. The van der Waals surface area contributed by atoms with Crippen LogP contribution in [0.15, 0.2) is 35.4 Å². The van der Waals surface area contributed by atoms with Crippen molar-refractivity contribution in [1.82, 2.24) is 4.98 Å². The van der Waals surface area contributed by atoms with Crippen molar-refractivity contribution in [3.8, 4) is 5.75 Å². The van der Waals surface area contributed by atoms with E-state index in [1.54, 1.807) is 23.9 Å². The molecular formula is C16H17NO3S. The number of aromatic carboxylic acids is 1. The van der Waals surface area contributed by atoms with E-state index in [-0.39, 0.29) is 5.56 Å². The first kappa shape index (κ1) is 15.4. The van der Waals surface area contributed by atoms with Crippen molar-refractivity contribution < 1.29 is 14.6 Å². The van der Waals surface area contributed by atoms with E-state index in [1.807, 2.05) is 32.0 Å². The van der Waals surface area contributed by atoms with E-state index in [1.165, 1.54) is 12.7 Å². The first-order valence-corrected chi connectivity index (χ1v) is 7.46. The molecule has 0 aliphatic carbocycles. The van der Waals surface area contributed by atoms with Gasteiger partial charge in [0.2, 0.25) is 0 Å². The lowest BCUT2D eigenvalue weighted by Crippen LogP contribution is -2.01. The second-order valence-electron chi connectivity index (χ2n) is 4.75. The molecule has 0 unspecified atom stereocenters. The SMILES string of the molecule is COc1cc(CSc2cc(C)cc(C)n2)ccc1C(=O)O. The van der Waals surface area contributed by atoms with Crippen LogP contribution >= 0.6 is 11.8 Å². The van der Waals surface area contributed by atoms with Crippen LogP contribution in [0.4, 0.5) is 0 Å². The topological polar surface area (TPSA) is 59.4 Å². The number of aromatic nitrogens is 1. The first-order valence-electron chi connectivity index (χ1n) is 6.48. The fourth-order valence-electron chi connectivity index (χ4n) is 2.04. The molecule has 0 saturated carbocycles. The van der Waals surface area contributed by atoms with E-state index in [9.17, 15) is 4.79 Å². The minimum atomic E-state index is -0.984. The number of aryl methyl sites for hydroxylation is 2. The van der Waals surface area contributed by atoms with Gasteiger partial charge in [0.15, 0.2) is 0 Å². The lowest BCUT2D eigenvalue weighted by Gasteiger charge is -2.08. The van der Waals surface area contributed by atoms with Crippen molar-refractivity contribution in [3.63, 3.8) is 0 Å². The van der Waals surface area contributed by atoms with Crippen molar-refractivity contribution in [2.45, 2.75) is 24.6 Å². The third-order valence-corrected chi connectivity index (χ3v) is 3.94. The van der Waals surface area contributed by atoms with Crippen molar-refractivity contribution in [3.05, 3.63) is 52.7 Å². The number of hydrogen-bond donors (Lipinski definition) is 1. The lowest BCUT2D eigenvalue weighted by atomic mass is 10.1. The second kappa shape index (κ2) is 6.63. The number of carboxylic acids is 1. The molecule has 0 amide bonds. The van der Waals surface area contributed by atoms with Crippen LogP contribution in [-0.4, -0.2) is 23.2 Å². The smallest absolute Gasteiger partial charge is 0.339 e. The normalized spacial score (nSPS) is 10.4. The molecule has 0 saturated heterocycles. The molecule has 110 valence electrons. The summed E-state index contributed by atoms with van der Waals surface area (Å²) in [5.74, 6) is 0.114. The predicted octanol–water partition coefficient (Wildman–Crippen LogP) is 3.70. The Bertz CT molecular complexity index is 650. The van der Waals surface area contributed by atoms with Gasteiger partial charge in [0.1, 0.15) is 11.3 Å². The molecule has 0 bridgehead atoms. The van der Waals surface area contributed by atoms with Gasteiger partial charge in [0.25, 0.3) is 0 Å². The number of rotatable bonds is 5. The minimum absolute atomic E-state index is 0.177.